The molecular formula is C21H18F3N5O2. The van der Waals surface area contributed by atoms with Crippen LogP contribution in [0.3, 0.4) is 0 Å². The van der Waals surface area contributed by atoms with Gasteiger partial charge in [-0.3, -0.25) is 9.59 Å². The minimum Gasteiger partial charge on any atom is -0.324 e. The van der Waals surface area contributed by atoms with Crippen molar-refractivity contribution in [3.63, 3.8) is 0 Å². The van der Waals surface area contributed by atoms with Gasteiger partial charge in [0, 0.05) is 17.5 Å². The number of hydrogen-bond acceptors (Lipinski definition) is 4. The molecule has 0 saturated heterocycles. The van der Waals surface area contributed by atoms with E-state index in [2.05, 4.69) is 20.7 Å². The Labute approximate surface area is 175 Å². The number of nitrogens with one attached hydrogen (secondary N) is 2. The zero-order chi connectivity index (χ0) is 22.4. The van der Waals surface area contributed by atoms with Crippen molar-refractivity contribution in [2.75, 3.05) is 10.6 Å². The first-order valence-electron chi connectivity index (χ1n) is 9.14. The van der Waals surface area contributed by atoms with E-state index >= 15 is 0 Å². The molecule has 10 heteroatoms. The molecule has 31 heavy (non-hydrogen) atoms. The Hall–Kier alpha value is -3.95. The van der Waals surface area contributed by atoms with Crippen LogP contribution in [0.2, 0.25) is 0 Å². The Morgan fingerprint density at radius 2 is 1.61 bits per heavy atom. The molecule has 1 atom stereocenters. The Kier molecular flexibility index (Phi) is 6.49. The van der Waals surface area contributed by atoms with Gasteiger partial charge in [-0.05, 0) is 55.0 Å². The lowest BCUT2D eigenvalue weighted by atomic mass is 10.1. The fraction of sp³-hybridized carbons (Fsp3) is 0.143. The van der Waals surface area contributed by atoms with Gasteiger partial charge in [0.15, 0.2) is 0 Å². The molecule has 1 unspecified atom stereocenters. The van der Waals surface area contributed by atoms with Crippen LogP contribution in [0, 0.1) is 0 Å². The predicted octanol–water partition coefficient (Wildman–Crippen LogP) is 4.15. The second-order valence-electron chi connectivity index (χ2n) is 6.56. The van der Waals surface area contributed by atoms with Crippen molar-refractivity contribution < 1.29 is 22.8 Å². The number of amides is 2. The topological polar surface area (TPSA) is 88.9 Å². The zero-order valence-corrected chi connectivity index (χ0v) is 16.3. The summed E-state index contributed by atoms with van der Waals surface area (Å²) in [6.45, 7) is 1.68. The van der Waals surface area contributed by atoms with E-state index in [9.17, 15) is 22.8 Å². The van der Waals surface area contributed by atoms with Crippen LogP contribution in [0.15, 0.2) is 67.3 Å². The van der Waals surface area contributed by atoms with Crippen LogP contribution in [0.1, 0.15) is 24.1 Å². The van der Waals surface area contributed by atoms with Crippen LogP contribution in [0.25, 0.3) is 6.08 Å². The monoisotopic (exact) mass is 429 g/mol. The molecule has 1 aromatic heterocycles. The van der Waals surface area contributed by atoms with Crippen LogP contribution in [-0.4, -0.2) is 26.6 Å². The maximum atomic E-state index is 12.6. The van der Waals surface area contributed by atoms with Gasteiger partial charge in [0.1, 0.15) is 18.7 Å². The highest BCUT2D eigenvalue weighted by molar-refractivity contribution is 6.02. The third-order valence-electron chi connectivity index (χ3n) is 4.30. The highest BCUT2D eigenvalue weighted by Crippen LogP contribution is 2.29. The van der Waals surface area contributed by atoms with Crippen LogP contribution in [0.5, 0.6) is 0 Å². The summed E-state index contributed by atoms with van der Waals surface area (Å²) >= 11 is 0. The lowest BCUT2D eigenvalue weighted by Gasteiger charge is -2.12. The second-order valence-corrected chi connectivity index (χ2v) is 6.56. The van der Waals surface area contributed by atoms with Crippen molar-refractivity contribution in [1.82, 2.24) is 14.8 Å². The molecule has 0 radical (unpaired) electrons. The van der Waals surface area contributed by atoms with E-state index in [-0.39, 0.29) is 5.91 Å². The maximum absolute atomic E-state index is 12.6. The van der Waals surface area contributed by atoms with E-state index in [0.717, 1.165) is 12.1 Å². The maximum Gasteiger partial charge on any atom is 0.416 e. The minimum absolute atomic E-state index is 0.276. The summed E-state index contributed by atoms with van der Waals surface area (Å²) in [5.74, 6) is -0.724. The third kappa shape index (κ3) is 6.01. The number of hydrogen-bond donors (Lipinski definition) is 2. The fourth-order valence-electron chi connectivity index (χ4n) is 2.56. The average molecular weight is 429 g/mol. The first-order chi connectivity index (χ1) is 14.7. The molecule has 3 rings (SSSR count). The SMILES string of the molecule is CC(C(=O)Nc1ccc(NC(=O)/C=C/c2ccc(C(F)(F)F)cc2)cc1)n1cncn1. The average Bonchev–Trinajstić information content (AvgIpc) is 3.27. The Morgan fingerprint density at radius 1 is 1.00 bits per heavy atom. The van der Waals surface area contributed by atoms with E-state index in [1.807, 2.05) is 0 Å². The van der Waals surface area contributed by atoms with Crippen molar-refractivity contribution >= 4 is 29.3 Å². The van der Waals surface area contributed by atoms with E-state index in [1.54, 1.807) is 31.2 Å². The van der Waals surface area contributed by atoms with Gasteiger partial charge in [0.25, 0.3) is 0 Å². The molecule has 3 aromatic rings. The molecule has 0 aliphatic rings. The lowest BCUT2D eigenvalue weighted by Crippen LogP contribution is -2.24. The number of anilines is 2. The van der Waals surface area contributed by atoms with Gasteiger partial charge in [0.05, 0.1) is 5.56 Å². The van der Waals surface area contributed by atoms with E-state index in [4.69, 9.17) is 0 Å². The first-order valence-corrected chi connectivity index (χ1v) is 9.14. The highest BCUT2D eigenvalue weighted by atomic mass is 19.4. The molecule has 2 aromatic carbocycles. The third-order valence-corrected chi connectivity index (χ3v) is 4.30. The van der Waals surface area contributed by atoms with Crippen molar-refractivity contribution in [3.05, 3.63) is 78.4 Å². The molecule has 0 fully saturated rings. The normalized spacial score (nSPS) is 12.5. The molecule has 2 amide bonds. The number of carbonyl (C=O) groups is 2. The van der Waals surface area contributed by atoms with Gasteiger partial charge in [-0.1, -0.05) is 12.1 Å². The number of carbonyl (C=O) groups excluding carboxylic acids is 2. The van der Waals surface area contributed by atoms with Gasteiger partial charge in [-0.2, -0.15) is 18.3 Å². The molecule has 0 spiro atoms. The van der Waals surface area contributed by atoms with Gasteiger partial charge in [-0.15, -0.1) is 0 Å². The second kappa shape index (κ2) is 9.24. The summed E-state index contributed by atoms with van der Waals surface area (Å²) in [7, 11) is 0. The van der Waals surface area contributed by atoms with Crippen molar-refractivity contribution in [1.29, 1.82) is 0 Å². The van der Waals surface area contributed by atoms with Gasteiger partial charge >= 0.3 is 6.18 Å². The van der Waals surface area contributed by atoms with E-state index in [1.165, 1.54) is 41.6 Å². The fourth-order valence-corrected chi connectivity index (χ4v) is 2.56. The summed E-state index contributed by atoms with van der Waals surface area (Å²) in [5, 5.41) is 9.29. The Morgan fingerprint density at radius 3 is 2.16 bits per heavy atom. The molecule has 0 saturated carbocycles. The standard InChI is InChI=1S/C21H18F3N5O2/c1-14(29-13-25-12-26-29)20(31)28-18-9-7-17(8-10-18)27-19(30)11-4-15-2-5-16(6-3-15)21(22,23)24/h2-14H,1H3,(H,27,30)(H,28,31)/b11-4+. The smallest absolute Gasteiger partial charge is 0.324 e. The van der Waals surface area contributed by atoms with Gasteiger partial charge < -0.3 is 10.6 Å². The molecule has 7 nitrogen and oxygen atoms in total. The predicted molar refractivity (Wildman–Crippen MR) is 109 cm³/mol. The number of benzene rings is 2. The van der Waals surface area contributed by atoms with Gasteiger partial charge in [0.2, 0.25) is 11.8 Å². The van der Waals surface area contributed by atoms with Crippen molar-refractivity contribution in [3.8, 4) is 0 Å². The van der Waals surface area contributed by atoms with Crippen LogP contribution < -0.4 is 10.6 Å². The number of halogens is 3. The highest BCUT2D eigenvalue weighted by Gasteiger charge is 2.29. The number of nitrogens with zero attached hydrogens (tertiary/aromatic N) is 3. The van der Waals surface area contributed by atoms with Crippen LogP contribution in [-0.2, 0) is 15.8 Å². The largest absolute Gasteiger partial charge is 0.416 e. The van der Waals surface area contributed by atoms with Crippen LogP contribution in [0.4, 0.5) is 24.5 Å². The molecule has 0 bridgehead atoms. The number of aromatic nitrogens is 3. The quantitative estimate of drug-likeness (QED) is 0.576. The zero-order valence-electron chi connectivity index (χ0n) is 16.3. The molecule has 1 heterocycles. The van der Waals surface area contributed by atoms with E-state index < -0.39 is 23.7 Å². The molecule has 0 aliphatic carbocycles. The molecule has 0 aliphatic heterocycles. The summed E-state index contributed by atoms with van der Waals surface area (Å²) in [6, 6.07) is 10.4. The summed E-state index contributed by atoms with van der Waals surface area (Å²) < 4.78 is 39.1. The molecule has 160 valence electrons. The Bertz CT molecular complexity index is 1060. The lowest BCUT2D eigenvalue weighted by molar-refractivity contribution is -0.137. The number of rotatable bonds is 6. The summed E-state index contributed by atoms with van der Waals surface area (Å²) in [4.78, 5) is 28.1. The van der Waals surface area contributed by atoms with E-state index in [0.29, 0.717) is 16.9 Å². The number of alkyl halides is 3. The van der Waals surface area contributed by atoms with Gasteiger partial charge in [-0.25, -0.2) is 9.67 Å². The van der Waals surface area contributed by atoms with Crippen molar-refractivity contribution in [2.45, 2.75) is 19.1 Å². The molecule has 2 N–H and O–H groups in total. The van der Waals surface area contributed by atoms with Crippen LogP contribution >= 0.6 is 0 Å². The Balaban J connectivity index is 1.54. The minimum atomic E-state index is -4.40. The summed E-state index contributed by atoms with van der Waals surface area (Å²) in [6.07, 6.45) is 1.02. The molecular weight excluding hydrogens is 411 g/mol. The summed E-state index contributed by atoms with van der Waals surface area (Å²) in [5.41, 5.74) is 0.735. The van der Waals surface area contributed by atoms with Crippen molar-refractivity contribution in [2.24, 2.45) is 0 Å². The first kappa shape index (κ1) is 21.8.